The molecule has 6 heteroatoms. The van der Waals surface area contributed by atoms with Crippen molar-refractivity contribution in [2.24, 2.45) is 0 Å². The van der Waals surface area contributed by atoms with Crippen molar-refractivity contribution in [1.82, 2.24) is 4.31 Å². The zero-order valence-electron chi connectivity index (χ0n) is 11.3. The number of sulfonamides is 1. The van der Waals surface area contributed by atoms with E-state index >= 15 is 0 Å². The number of likely N-dealkylation sites (N-methyl/N-ethyl adjacent to an activating group) is 1. The molecule has 0 heterocycles. The molecule has 1 aromatic carbocycles. The molecule has 0 aliphatic heterocycles. The highest BCUT2D eigenvalue weighted by Crippen LogP contribution is 2.13. The molecule has 0 fully saturated rings. The highest BCUT2D eigenvalue weighted by molar-refractivity contribution is 7.88. The summed E-state index contributed by atoms with van der Waals surface area (Å²) in [6.07, 6.45) is 0.892. The Hall–Kier alpha value is -1.40. The SMILES string of the molecule is CCc1ccc(CS(=O)(=O)N(C)C(C)C(=O)O)cc1. The molecule has 5 nitrogen and oxygen atoms in total. The minimum atomic E-state index is -3.62. The second kappa shape index (κ2) is 6.16. The molecule has 1 N–H and O–H groups in total. The van der Waals surface area contributed by atoms with Crippen molar-refractivity contribution in [2.45, 2.75) is 32.1 Å². The minimum absolute atomic E-state index is 0.189. The summed E-state index contributed by atoms with van der Waals surface area (Å²) in [7, 11) is -2.34. The van der Waals surface area contributed by atoms with Crippen LogP contribution in [0.25, 0.3) is 0 Å². The van der Waals surface area contributed by atoms with Gasteiger partial charge in [0.15, 0.2) is 0 Å². The lowest BCUT2D eigenvalue weighted by atomic mass is 10.1. The summed E-state index contributed by atoms with van der Waals surface area (Å²) in [5.41, 5.74) is 1.79. The van der Waals surface area contributed by atoms with Crippen molar-refractivity contribution >= 4 is 16.0 Å². The third-order valence-corrected chi connectivity index (χ3v) is 5.01. The van der Waals surface area contributed by atoms with Crippen molar-refractivity contribution in [3.63, 3.8) is 0 Å². The van der Waals surface area contributed by atoms with E-state index in [2.05, 4.69) is 0 Å². The van der Waals surface area contributed by atoms with Crippen LogP contribution in [0.4, 0.5) is 0 Å². The lowest BCUT2D eigenvalue weighted by Crippen LogP contribution is -2.40. The summed E-state index contributed by atoms with van der Waals surface area (Å²) < 4.78 is 25.0. The van der Waals surface area contributed by atoms with Gasteiger partial charge in [-0.05, 0) is 24.5 Å². The molecule has 1 rings (SSSR count). The van der Waals surface area contributed by atoms with Gasteiger partial charge in [-0.3, -0.25) is 4.79 Å². The smallest absolute Gasteiger partial charge is 0.321 e. The van der Waals surface area contributed by atoms with Crippen molar-refractivity contribution in [3.05, 3.63) is 35.4 Å². The fourth-order valence-electron chi connectivity index (χ4n) is 1.58. The lowest BCUT2D eigenvalue weighted by molar-refractivity contribution is -0.140. The Morgan fingerprint density at radius 3 is 2.16 bits per heavy atom. The molecular formula is C13H19NO4S. The van der Waals surface area contributed by atoms with Crippen LogP contribution >= 0.6 is 0 Å². The zero-order chi connectivity index (χ0) is 14.6. The molecule has 19 heavy (non-hydrogen) atoms. The topological polar surface area (TPSA) is 74.7 Å². The Morgan fingerprint density at radius 2 is 1.74 bits per heavy atom. The van der Waals surface area contributed by atoms with E-state index in [4.69, 9.17) is 5.11 Å². The van der Waals surface area contributed by atoms with E-state index in [-0.39, 0.29) is 5.75 Å². The fourth-order valence-corrected chi connectivity index (χ4v) is 2.97. The predicted octanol–water partition coefficient (Wildman–Crippen LogP) is 1.48. The van der Waals surface area contributed by atoms with Gasteiger partial charge in [0.25, 0.3) is 0 Å². The average Bonchev–Trinajstić information content (AvgIpc) is 2.37. The van der Waals surface area contributed by atoms with Gasteiger partial charge in [-0.1, -0.05) is 31.2 Å². The van der Waals surface area contributed by atoms with E-state index < -0.39 is 22.0 Å². The molecule has 106 valence electrons. The summed E-state index contributed by atoms with van der Waals surface area (Å²) in [6, 6.07) is 6.21. The van der Waals surface area contributed by atoms with Crippen LogP contribution < -0.4 is 0 Å². The molecule has 0 aromatic heterocycles. The molecule has 0 spiro atoms. The van der Waals surface area contributed by atoms with Gasteiger partial charge < -0.3 is 5.11 Å². The van der Waals surface area contributed by atoms with Crippen LogP contribution in [0.15, 0.2) is 24.3 Å². The first-order valence-corrected chi connectivity index (χ1v) is 7.65. The number of carboxylic acid groups (broad SMARTS) is 1. The Balaban J connectivity index is 2.86. The summed E-state index contributed by atoms with van der Waals surface area (Å²) in [6.45, 7) is 3.37. The highest BCUT2D eigenvalue weighted by atomic mass is 32.2. The molecule has 0 saturated heterocycles. The number of carbonyl (C=O) groups is 1. The molecule has 0 aliphatic carbocycles. The second-order valence-electron chi connectivity index (χ2n) is 4.46. The Morgan fingerprint density at radius 1 is 1.26 bits per heavy atom. The molecule has 1 atom stereocenters. The molecular weight excluding hydrogens is 266 g/mol. The standard InChI is InChI=1S/C13H19NO4S/c1-4-11-5-7-12(8-6-11)9-19(17,18)14(3)10(2)13(15)16/h5-8,10H,4,9H2,1-3H3,(H,15,16). The van der Waals surface area contributed by atoms with Gasteiger partial charge in [0, 0.05) is 7.05 Å². The largest absolute Gasteiger partial charge is 0.480 e. The normalized spacial score (nSPS) is 13.5. The molecule has 0 radical (unpaired) electrons. The van der Waals surface area contributed by atoms with E-state index in [9.17, 15) is 13.2 Å². The summed E-state index contributed by atoms with van der Waals surface area (Å²) in [4.78, 5) is 10.8. The lowest BCUT2D eigenvalue weighted by Gasteiger charge is -2.21. The first-order valence-electron chi connectivity index (χ1n) is 6.04. The monoisotopic (exact) mass is 285 g/mol. The van der Waals surface area contributed by atoms with E-state index in [1.54, 1.807) is 12.1 Å². The third kappa shape index (κ3) is 4.04. The van der Waals surface area contributed by atoms with Crippen molar-refractivity contribution < 1.29 is 18.3 Å². The van der Waals surface area contributed by atoms with E-state index in [1.807, 2.05) is 19.1 Å². The Bertz CT molecular complexity index is 536. The predicted molar refractivity (Wildman–Crippen MR) is 73.3 cm³/mol. The van der Waals surface area contributed by atoms with E-state index in [0.717, 1.165) is 16.3 Å². The van der Waals surface area contributed by atoms with Gasteiger partial charge in [0.1, 0.15) is 6.04 Å². The molecule has 0 saturated carbocycles. The molecule has 0 amide bonds. The van der Waals surface area contributed by atoms with Gasteiger partial charge in [0.05, 0.1) is 5.75 Å². The number of hydrogen-bond acceptors (Lipinski definition) is 3. The Kier molecular flexibility index (Phi) is 5.08. The zero-order valence-corrected chi connectivity index (χ0v) is 12.1. The first-order chi connectivity index (χ1) is 8.77. The fraction of sp³-hybridized carbons (Fsp3) is 0.462. The maximum atomic E-state index is 12.1. The molecule has 1 aromatic rings. The van der Waals surface area contributed by atoms with Crippen LogP contribution in [0.1, 0.15) is 25.0 Å². The quantitative estimate of drug-likeness (QED) is 0.859. The number of hydrogen-bond donors (Lipinski definition) is 1. The van der Waals surface area contributed by atoms with Crippen molar-refractivity contribution in [3.8, 4) is 0 Å². The second-order valence-corrected chi connectivity index (χ2v) is 6.49. The number of aliphatic carboxylic acids is 1. The highest BCUT2D eigenvalue weighted by Gasteiger charge is 2.27. The van der Waals surface area contributed by atoms with E-state index in [1.165, 1.54) is 14.0 Å². The van der Waals surface area contributed by atoms with Crippen molar-refractivity contribution in [1.29, 1.82) is 0 Å². The average molecular weight is 285 g/mol. The summed E-state index contributed by atoms with van der Waals surface area (Å²) in [5.74, 6) is -1.35. The van der Waals surface area contributed by atoms with Crippen LogP contribution in [0.3, 0.4) is 0 Å². The maximum Gasteiger partial charge on any atom is 0.321 e. The number of nitrogens with zero attached hydrogens (tertiary/aromatic N) is 1. The van der Waals surface area contributed by atoms with Crippen molar-refractivity contribution in [2.75, 3.05) is 7.05 Å². The van der Waals surface area contributed by atoms with Gasteiger partial charge in [-0.2, -0.15) is 4.31 Å². The number of carboxylic acids is 1. The van der Waals surface area contributed by atoms with Crippen LogP contribution in [0.2, 0.25) is 0 Å². The first kappa shape index (κ1) is 15.7. The van der Waals surface area contributed by atoms with Gasteiger partial charge >= 0.3 is 5.97 Å². The van der Waals surface area contributed by atoms with Crippen LogP contribution in [0.5, 0.6) is 0 Å². The maximum absolute atomic E-state index is 12.1. The summed E-state index contributed by atoms with van der Waals surface area (Å²) in [5, 5.41) is 8.84. The van der Waals surface area contributed by atoms with Gasteiger partial charge in [-0.25, -0.2) is 8.42 Å². The van der Waals surface area contributed by atoms with Crippen LogP contribution in [-0.2, 0) is 27.0 Å². The van der Waals surface area contributed by atoms with E-state index in [0.29, 0.717) is 5.56 Å². The van der Waals surface area contributed by atoms with Crippen LogP contribution in [0, 0.1) is 0 Å². The van der Waals surface area contributed by atoms with Gasteiger partial charge in [0.2, 0.25) is 10.0 Å². The Labute approximate surface area is 113 Å². The number of rotatable bonds is 6. The number of aryl methyl sites for hydroxylation is 1. The molecule has 0 bridgehead atoms. The number of benzene rings is 1. The molecule has 0 aliphatic rings. The van der Waals surface area contributed by atoms with Crippen LogP contribution in [-0.4, -0.2) is 36.9 Å². The minimum Gasteiger partial charge on any atom is -0.480 e. The van der Waals surface area contributed by atoms with Gasteiger partial charge in [-0.15, -0.1) is 0 Å². The molecule has 1 unspecified atom stereocenters. The third-order valence-electron chi connectivity index (χ3n) is 3.12. The summed E-state index contributed by atoms with van der Waals surface area (Å²) >= 11 is 0.